The number of morpholine rings is 1. The average Bonchev–Trinajstić information content (AvgIpc) is 3.20. The van der Waals surface area contributed by atoms with E-state index in [4.69, 9.17) is 9.47 Å². The minimum Gasteiger partial charge on any atom is -0.494 e. The van der Waals surface area contributed by atoms with Gasteiger partial charge in [-0.05, 0) is 31.2 Å². The third-order valence-electron chi connectivity index (χ3n) is 4.93. The molecule has 30 heavy (non-hydrogen) atoms. The van der Waals surface area contributed by atoms with Crippen molar-refractivity contribution in [2.45, 2.75) is 11.8 Å². The predicted octanol–water partition coefficient (Wildman–Crippen LogP) is 2.83. The molecule has 0 saturated carbocycles. The minimum atomic E-state index is -3.80. The molecule has 0 bridgehead atoms. The molecule has 1 aliphatic heterocycles. The minimum absolute atomic E-state index is 0.236. The van der Waals surface area contributed by atoms with Crippen LogP contribution in [-0.2, 0) is 14.8 Å². The highest BCUT2D eigenvalue weighted by molar-refractivity contribution is 7.92. The third-order valence-corrected chi connectivity index (χ3v) is 6.36. The lowest BCUT2D eigenvalue weighted by Crippen LogP contribution is -2.37. The summed E-state index contributed by atoms with van der Waals surface area (Å²) < 4.78 is 41.8. The number of nitrogens with one attached hydrogen (secondary N) is 1. The van der Waals surface area contributed by atoms with Crippen molar-refractivity contribution >= 4 is 21.4 Å². The van der Waals surface area contributed by atoms with Crippen molar-refractivity contribution in [3.63, 3.8) is 0 Å². The Labute approximate surface area is 176 Å². The number of sulfonamides is 1. The van der Waals surface area contributed by atoms with Gasteiger partial charge in [-0.15, -0.1) is 0 Å². The smallest absolute Gasteiger partial charge is 0.263 e. The van der Waals surface area contributed by atoms with Crippen LogP contribution in [0.5, 0.6) is 5.75 Å². The first-order valence-corrected chi connectivity index (χ1v) is 11.1. The Morgan fingerprint density at radius 1 is 1.10 bits per heavy atom. The zero-order valence-electron chi connectivity index (χ0n) is 16.9. The molecule has 1 aromatic heterocycles. The van der Waals surface area contributed by atoms with Crippen LogP contribution in [0.2, 0.25) is 0 Å². The molecule has 2 heterocycles. The molecule has 1 saturated heterocycles. The van der Waals surface area contributed by atoms with Gasteiger partial charge in [0.15, 0.2) is 0 Å². The number of aryl methyl sites for hydroxylation is 1. The Bertz CT molecular complexity index is 1140. The Balaban J connectivity index is 1.64. The number of para-hydroxylation sites is 1. The van der Waals surface area contributed by atoms with Gasteiger partial charge in [0.2, 0.25) is 0 Å². The van der Waals surface area contributed by atoms with Gasteiger partial charge < -0.3 is 18.9 Å². The fourth-order valence-electron chi connectivity index (χ4n) is 3.47. The Hall–Kier alpha value is -3.04. The molecule has 1 fully saturated rings. The predicted molar refractivity (Wildman–Crippen MR) is 115 cm³/mol. The summed E-state index contributed by atoms with van der Waals surface area (Å²) >= 11 is 0. The van der Waals surface area contributed by atoms with E-state index in [-0.39, 0.29) is 4.90 Å². The molecule has 0 amide bonds. The summed E-state index contributed by atoms with van der Waals surface area (Å²) in [7, 11) is -2.25. The molecule has 0 atom stereocenters. The van der Waals surface area contributed by atoms with Crippen molar-refractivity contribution < 1.29 is 17.9 Å². The molecule has 8 nitrogen and oxygen atoms in total. The number of imidazole rings is 1. The van der Waals surface area contributed by atoms with Gasteiger partial charge in [-0.3, -0.25) is 4.72 Å². The highest BCUT2D eigenvalue weighted by atomic mass is 32.2. The SMILES string of the molecule is COc1cc(NS(=O)(=O)c2ccccc2N2CCOCC2)ccc1-n1cnc(C)c1. The van der Waals surface area contributed by atoms with Crippen molar-refractivity contribution in [3.8, 4) is 11.4 Å². The van der Waals surface area contributed by atoms with Gasteiger partial charge in [-0.25, -0.2) is 13.4 Å². The molecule has 0 unspecified atom stereocenters. The molecular weight excluding hydrogens is 404 g/mol. The van der Waals surface area contributed by atoms with E-state index in [9.17, 15) is 8.42 Å². The van der Waals surface area contributed by atoms with Crippen LogP contribution in [0.3, 0.4) is 0 Å². The fraction of sp³-hybridized carbons (Fsp3) is 0.286. The molecule has 0 aliphatic carbocycles. The highest BCUT2D eigenvalue weighted by Crippen LogP contribution is 2.31. The number of benzene rings is 2. The normalized spacial score (nSPS) is 14.5. The van der Waals surface area contributed by atoms with E-state index < -0.39 is 10.0 Å². The second kappa shape index (κ2) is 8.37. The molecule has 2 aromatic carbocycles. The second-order valence-electron chi connectivity index (χ2n) is 6.98. The number of anilines is 2. The van der Waals surface area contributed by atoms with Crippen LogP contribution < -0.4 is 14.4 Å². The molecule has 3 aromatic rings. The van der Waals surface area contributed by atoms with Gasteiger partial charge in [0.05, 0.1) is 49.4 Å². The maximum absolute atomic E-state index is 13.2. The molecule has 9 heteroatoms. The lowest BCUT2D eigenvalue weighted by atomic mass is 10.2. The molecule has 0 radical (unpaired) electrons. The van der Waals surface area contributed by atoms with Crippen LogP contribution in [0.4, 0.5) is 11.4 Å². The number of hydrogen-bond acceptors (Lipinski definition) is 6. The summed E-state index contributed by atoms with van der Waals surface area (Å²) in [6, 6.07) is 12.2. The number of nitrogens with zero attached hydrogens (tertiary/aromatic N) is 3. The number of ether oxygens (including phenoxy) is 2. The van der Waals surface area contributed by atoms with Gasteiger partial charge in [0.25, 0.3) is 10.0 Å². The molecule has 1 N–H and O–H groups in total. The summed E-state index contributed by atoms with van der Waals surface area (Å²) in [4.78, 5) is 6.49. The maximum atomic E-state index is 13.2. The summed E-state index contributed by atoms with van der Waals surface area (Å²) in [5.74, 6) is 0.536. The number of rotatable bonds is 6. The summed E-state index contributed by atoms with van der Waals surface area (Å²) in [6.07, 6.45) is 3.57. The zero-order chi connectivity index (χ0) is 21.1. The van der Waals surface area contributed by atoms with E-state index in [1.165, 1.54) is 0 Å². The van der Waals surface area contributed by atoms with E-state index in [0.29, 0.717) is 43.4 Å². The standard InChI is InChI=1S/C21H24N4O4S/c1-16-14-25(15-22-16)18-8-7-17(13-20(18)28-2)23-30(26,27)21-6-4-3-5-19(21)24-9-11-29-12-10-24/h3-8,13-15,23H,9-12H2,1-2H3. The van der Waals surface area contributed by atoms with E-state index in [0.717, 1.165) is 11.4 Å². The molecular formula is C21H24N4O4S. The number of aromatic nitrogens is 2. The van der Waals surface area contributed by atoms with Gasteiger partial charge in [0.1, 0.15) is 10.6 Å². The zero-order valence-corrected chi connectivity index (χ0v) is 17.7. The lowest BCUT2D eigenvalue weighted by Gasteiger charge is -2.30. The van der Waals surface area contributed by atoms with Crippen LogP contribution >= 0.6 is 0 Å². The largest absolute Gasteiger partial charge is 0.494 e. The van der Waals surface area contributed by atoms with Gasteiger partial charge >= 0.3 is 0 Å². The highest BCUT2D eigenvalue weighted by Gasteiger charge is 2.23. The second-order valence-corrected chi connectivity index (χ2v) is 8.63. The Kier molecular flexibility index (Phi) is 5.65. The Morgan fingerprint density at radius 3 is 2.57 bits per heavy atom. The first kappa shape index (κ1) is 20.2. The fourth-order valence-corrected chi connectivity index (χ4v) is 4.74. The van der Waals surface area contributed by atoms with Crippen LogP contribution in [0, 0.1) is 6.92 Å². The van der Waals surface area contributed by atoms with Crippen LogP contribution in [0.25, 0.3) is 5.69 Å². The van der Waals surface area contributed by atoms with Gasteiger partial charge in [-0.1, -0.05) is 12.1 Å². The van der Waals surface area contributed by atoms with E-state index >= 15 is 0 Å². The van der Waals surface area contributed by atoms with Crippen LogP contribution in [0.15, 0.2) is 59.9 Å². The maximum Gasteiger partial charge on any atom is 0.263 e. The van der Waals surface area contributed by atoms with Crippen molar-refractivity contribution in [2.75, 3.05) is 43.0 Å². The van der Waals surface area contributed by atoms with E-state index in [1.54, 1.807) is 43.8 Å². The van der Waals surface area contributed by atoms with Crippen LogP contribution in [-0.4, -0.2) is 51.4 Å². The molecule has 158 valence electrons. The first-order valence-electron chi connectivity index (χ1n) is 9.61. The van der Waals surface area contributed by atoms with E-state index in [1.807, 2.05) is 34.7 Å². The van der Waals surface area contributed by atoms with E-state index in [2.05, 4.69) is 9.71 Å². The first-order chi connectivity index (χ1) is 14.5. The van der Waals surface area contributed by atoms with Crippen molar-refractivity contribution in [2.24, 2.45) is 0 Å². The van der Waals surface area contributed by atoms with Gasteiger partial charge in [-0.2, -0.15) is 0 Å². The van der Waals surface area contributed by atoms with Crippen molar-refractivity contribution in [1.82, 2.24) is 9.55 Å². The summed E-state index contributed by atoms with van der Waals surface area (Å²) in [6.45, 7) is 4.36. The number of hydrogen-bond donors (Lipinski definition) is 1. The molecule has 1 aliphatic rings. The summed E-state index contributed by atoms with van der Waals surface area (Å²) in [5.41, 5.74) is 2.74. The quantitative estimate of drug-likeness (QED) is 0.650. The van der Waals surface area contributed by atoms with Crippen molar-refractivity contribution in [1.29, 1.82) is 0 Å². The van der Waals surface area contributed by atoms with Gasteiger partial charge in [0, 0.05) is 25.4 Å². The monoisotopic (exact) mass is 428 g/mol. The van der Waals surface area contributed by atoms with Crippen molar-refractivity contribution in [3.05, 3.63) is 60.7 Å². The third kappa shape index (κ3) is 4.12. The lowest BCUT2D eigenvalue weighted by molar-refractivity contribution is 0.122. The molecule has 0 spiro atoms. The molecule has 4 rings (SSSR count). The summed E-state index contributed by atoms with van der Waals surface area (Å²) in [5, 5.41) is 0. The Morgan fingerprint density at radius 2 is 1.87 bits per heavy atom. The average molecular weight is 429 g/mol. The topological polar surface area (TPSA) is 85.7 Å². The number of methoxy groups -OCH3 is 1. The van der Waals surface area contributed by atoms with Crippen LogP contribution in [0.1, 0.15) is 5.69 Å².